The third-order valence-electron chi connectivity index (χ3n) is 14.3. The predicted octanol–water partition coefficient (Wildman–Crippen LogP) is 16.3. The average Bonchev–Trinajstić information content (AvgIpc) is 4.01. The molecule has 0 saturated carbocycles. The van der Waals surface area contributed by atoms with Gasteiger partial charge in [-0.2, -0.15) is 0 Å². The van der Waals surface area contributed by atoms with Gasteiger partial charge in [-0.15, -0.1) is 0 Å². The molecule has 1 heterocycles. The van der Waals surface area contributed by atoms with Gasteiger partial charge in [-0.3, -0.25) is 0 Å². The Bertz CT molecular complexity index is 3710. The molecule has 298 valence electrons. The third kappa shape index (κ3) is 4.80. The number of para-hydroxylation sites is 2. The summed E-state index contributed by atoms with van der Waals surface area (Å²) in [5, 5.41) is 2.21. The molecule has 2 nitrogen and oxygen atoms in total. The van der Waals surface area contributed by atoms with Crippen LogP contribution in [0.2, 0.25) is 0 Å². The van der Waals surface area contributed by atoms with Crippen molar-refractivity contribution in [3.8, 4) is 55.6 Å². The van der Waals surface area contributed by atoms with Crippen LogP contribution in [-0.4, -0.2) is 0 Å². The smallest absolute Gasteiger partial charge is 0.159 e. The van der Waals surface area contributed by atoms with Gasteiger partial charge in [0.2, 0.25) is 0 Å². The van der Waals surface area contributed by atoms with Crippen LogP contribution in [0, 0.1) is 0 Å². The summed E-state index contributed by atoms with van der Waals surface area (Å²) >= 11 is 0. The Morgan fingerprint density at radius 1 is 0.359 bits per heavy atom. The van der Waals surface area contributed by atoms with Crippen molar-refractivity contribution < 1.29 is 4.42 Å². The van der Waals surface area contributed by atoms with Crippen molar-refractivity contribution in [3.05, 3.63) is 258 Å². The molecule has 0 saturated heterocycles. The first kappa shape index (κ1) is 35.4. The number of furan rings is 1. The number of anilines is 3. The van der Waals surface area contributed by atoms with E-state index in [4.69, 9.17) is 4.42 Å². The maximum absolute atomic E-state index is 6.81. The summed E-state index contributed by atoms with van der Waals surface area (Å²) in [5.41, 5.74) is 25.1. The minimum absolute atomic E-state index is 0.594. The minimum atomic E-state index is -0.594. The highest BCUT2D eigenvalue weighted by molar-refractivity contribution is 6.11. The number of benzene rings is 10. The zero-order valence-corrected chi connectivity index (χ0v) is 34.9. The molecule has 3 aliphatic rings. The lowest BCUT2D eigenvalue weighted by atomic mass is 9.65. The average molecular weight is 814 g/mol. The first-order valence-corrected chi connectivity index (χ1v) is 22.3. The number of rotatable bonds is 4. The van der Waals surface area contributed by atoms with Gasteiger partial charge in [0.25, 0.3) is 0 Å². The maximum atomic E-state index is 6.81. The molecular weight excluding hydrogens is 775 g/mol. The zero-order chi connectivity index (χ0) is 41.9. The van der Waals surface area contributed by atoms with E-state index in [9.17, 15) is 0 Å². The monoisotopic (exact) mass is 813 g/mol. The molecule has 64 heavy (non-hydrogen) atoms. The predicted molar refractivity (Wildman–Crippen MR) is 264 cm³/mol. The number of fused-ring (bicyclic) bond motifs is 19. The molecule has 0 radical (unpaired) electrons. The van der Waals surface area contributed by atoms with Gasteiger partial charge in [-0.05, 0) is 132 Å². The lowest BCUT2D eigenvalue weighted by molar-refractivity contribution is 0.669. The van der Waals surface area contributed by atoms with Gasteiger partial charge in [0, 0.05) is 22.1 Å². The van der Waals surface area contributed by atoms with Gasteiger partial charge in [-0.1, -0.05) is 188 Å². The van der Waals surface area contributed by atoms with E-state index in [2.05, 4.69) is 229 Å². The summed E-state index contributed by atoms with van der Waals surface area (Å²) in [6.45, 7) is 0. The Labute approximate surface area is 372 Å². The summed E-state index contributed by atoms with van der Waals surface area (Å²) in [6.07, 6.45) is 0.954. The second-order valence-electron chi connectivity index (χ2n) is 17.5. The first-order valence-electron chi connectivity index (χ1n) is 22.3. The lowest BCUT2D eigenvalue weighted by Crippen LogP contribution is -2.29. The quantitative estimate of drug-likeness (QED) is 0.176. The van der Waals surface area contributed by atoms with Crippen molar-refractivity contribution in [3.63, 3.8) is 0 Å². The minimum Gasteiger partial charge on any atom is -0.454 e. The standard InChI is InChI=1S/C62H39NO/c1-2-15-39(16-3-1)40-29-32-43(33-30-40)63(57-27-14-24-50-49-22-10-13-28-58(49)64-61(50)57)44-34-36-55-52(38-44)47-20-7-6-19-46(47)48-21-8-11-25-53(48)62(55)54-26-12-9-23-51(54)60-56(62)35-31-42-37-41-17-4-5-18-45(41)59(42)60/h1-36,38H,37H2. The van der Waals surface area contributed by atoms with Crippen molar-refractivity contribution in [2.75, 3.05) is 4.90 Å². The van der Waals surface area contributed by atoms with Gasteiger partial charge in [-0.25, -0.2) is 0 Å². The highest BCUT2D eigenvalue weighted by Crippen LogP contribution is 2.64. The second kappa shape index (κ2) is 13.4. The normalized spacial score (nSPS) is 14.9. The topological polar surface area (TPSA) is 16.4 Å². The van der Waals surface area contributed by atoms with Crippen LogP contribution in [0.5, 0.6) is 0 Å². The van der Waals surface area contributed by atoms with Gasteiger partial charge >= 0.3 is 0 Å². The van der Waals surface area contributed by atoms with Crippen LogP contribution in [-0.2, 0) is 11.8 Å². The van der Waals surface area contributed by atoms with Crippen LogP contribution in [0.1, 0.15) is 33.4 Å². The molecule has 11 aromatic rings. The Morgan fingerprint density at radius 2 is 0.953 bits per heavy atom. The van der Waals surface area contributed by atoms with Crippen LogP contribution in [0.25, 0.3) is 77.6 Å². The van der Waals surface area contributed by atoms with E-state index in [0.29, 0.717) is 0 Å². The highest BCUT2D eigenvalue weighted by Gasteiger charge is 2.51. The van der Waals surface area contributed by atoms with Crippen molar-refractivity contribution in [1.82, 2.24) is 0 Å². The van der Waals surface area contributed by atoms with Gasteiger partial charge in [0.15, 0.2) is 5.58 Å². The molecule has 0 amide bonds. The summed E-state index contributed by atoms with van der Waals surface area (Å²) in [5.74, 6) is 0. The molecule has 1 unspecified atom stereocenters. The highest BCUT2D eigenvalue weighted by atomic mass is 16.3. The maximum Gasteiger partial charge on any atom is 0.159 e. The fraction of sp³-hybridized carbons (Fsp3) is 0.0323. The zero-order valence-electron chi connectivity index (χ0n) is 34.9. The number of nitrogens with zero attached hydrogens (tertiary/aromatic N) is 1. The summed E-state index contributed by atoms with van der Waals surface area (Å²) in [6, 6.07) is 83.1. The molecule has 1 aromatic heterocycles. The summed E-state index contributed by atoms with van der Waals surface area (Å²) < 4.78 is 6.81. The molecule has 0 aliphatic heterocycles. The van der Waals surface area contributed by atoms with Crippen LogP contribution in [0.15, 0.2) is 229 Å². The van der Waals surface area contributed by atoms with Crippen molar-refractivity contribution >= 4 is 39.0 Å². The van der Waals surface area contributed by atoms with E-state index in [-0.39, 0.29) is 0 Å². The Hall–Kier alpha value is -8.20. The summed E-state index contributed by atoms with van der Waals surface area (Å²) in [4.78, 5) is 2.40. The number of hydrogen-bond donors (Lipinski definition) is 0. The van der Waals surface area contributed by atoms with E-state index in [1.165, 1.54) is 89.0 Å². The molecular formula is C62H39NO. The fourth-order valence-electron chi connectivity index (χ4n) is 11.7. The van der Waals surface area contributed by atoms with Crippen molar-refractivity contribution in [2.24, 2.45) is 0 Å². The molecule has 14 rings (SSSR count). The largest absolute Gasteiger partial charge is 0.454 e. The SMILES string of the molecule is c1ccc(-c2ccc(N(c3ccc4c(c3)-c3ccccc3-c3ccccc3C43c4ccccc4-c4c3ccc3c4-c4ccccc4C3)c3cccc4c3oc3ccccc34)cc2)cc1. The molecule has 0 fully saturated rings. The van der Waals surface area contributed by atoms with Gasteiger partial charge in [0.1, 0.15) is 5.58 Å². The molecule has 1 atom stereocenters. The van der Waals surface area contributed by atoms with E-state index in [1.54, 1.807) is 0 Å². The van der Waals surface area contributed by atoms with E-state index >= 15 is 0 Å². The molecule has 3 aliphatic carbocycles. The second-order valence-corrected chi connectivity index (χ2v) is 17.5. The molecule has 0 N–H and O–H groups in total. The van der Waals surface area contributed by atoms with Crippen LogP contribution in [0.3, 0.4) is 0 Å². The fourth-order valence-corrected chi connectivity index (χ4v) is 11.7. The van der Waals surface area contributed by atoms with Gasteiger partial charge in [0.05, 0.1) is 11.1 Å². The Morgan fingerprint density at radius 3 is 1.78 bits per heavy atom. The number of hydrogen-bond acceptors (Lipinski definition) is 2. The Balaban J connectivity index is 1.07. The van der Waals surface area contributed by atoms with Crippen LogP contribution >= 0.6 is 0 Å². The van der Waals surface area contributed by atoms with Crippen LogP contribution < -0.4 is 4.90 Å². The van der Waals surface area contributed by atoms with E-state index < -0.39 is 5.41 Å². The Kier molecular flexibility index (Phi) is 7.41. The van der Waals surface area contributed by atoms with E-state index in [1.807, 2.05) is 0 Å². The molecule has 0 bridgehead atoms. The summed E-state index contributed by atoms with van der Waals surface area (Å²) in [7, 11) is 0. The van der Waals surface area contributed by atoms with Gasteiger partial charge < -0.3 is 9.32 Å². The lowest BCUT2D eigenvalue weighted by Gasteiger charge is -2.36. The molecule has 10 aromatic carbocycles. The van der Waals surface area contributed by atoms with Crippen LogP contribution in [0.4, 0.5) is 17.1 Å². The molecule has 2 heteroatoms. The van der Waals surface area contributed by atoms with Crippen molar-refractivity contribution in [2.45, 2.75) is 11.8 Å². The third-order valence-corrected chi connectivity index (χ3v) is 14.3. The van der Waals surface area contributed by atoms with E-state index in [0.717, 1.165) is 45.4 Å². The molecule has 1 spiro atoms. The first-order chi connectivity index (χ1) is 31.8. The van der Waals surface area contributed by atoms with Crippen molar-refractivity contribution in [1.29, 1.82) is 0 Å².